The van der Waals surface area contributed by atoms with E-state index in [1.165, 1.54) is 6.42 Å². The van der Waals surface area contributed by atoms with E-state index in [9.17, 15) is 4.79 Å². The summed E-state index contributed by atoms with van der Waals surface area (Å²) in [4.78, 5) is 14.3. The number of carbonyl (C=O) groups excluding carboxylic acids is 1. The number of amides is 1. The molecule has 1 amide bonds. The Bertz CT molecular complexity index is 562. The van der Waals surface area contributed by atoms with Crippen LogP contribution in [0.15, 0.2) is 6.08 Å². The number of halogens is 1. The number of aromatic nitrogens is 2. The van der Waals surface area contributed by atoms with Crippen molar-refractivity contribution in [2.24, 2.45) is 5.92 Å². The molecule has 1 aromatic heterocycles. The fourth-order valence-corrected chi connectivity index (χ4v) is 3.21. The summed E-state index contributed by atoms with van der Waals surface area (Å²) in [6.45, 7) is 9.93. The molecular weight excluding hydrogens is 298 g/mol. The molecule has 1 fully saturated rings. The third-order valence-corrected chi connectivity index (χ3v) is 4.52. The first-order valence-corrected chi connectivity index (χ1v) is 8.49. The van der Waals surface area contributed by atoms with Gasteiger partial charge in [-0.2, -0.15) is 5.10 Å². The van der Waals surface area contributed by atoms with E-state index in [0.717, 1.165) is 37.2 Å². The Balaban J connectivity index is 2.12. The number of hydrogen-bond acceptors (Lipinski definition) is 2. The van der Waals surface area contributed by atoms with Gasteiger partial charge in [0.15, 0.2) is 0 Å². The van der Waals surface area contributed by atoms with Gasteiger partial charge in [-0.1, -0.05) is 25.4 Å². The molecule has 122 valence electrons. The molecule has 2 heterocycles. The first-order chi connectivity index (χ1) is 10.4. The second-order valence-electron chi connectivity index (χ2n) is 6.58. The average Bonchev–Trinajstić information content (AvgIpc) is 2.71. The summed E-state index contributed by atoms with van der Waals surface area (Å²) in [5.41, 5.74) is 1.71. The Hall–Kier alpha value is -1.29. The van der Waals surface area contributed by atoms with Gasteiger partial charge in [-0.3, -0.25) is 9.48 Å². The summed E-state index contributed by atoms with van der Waals surface area (Å²) in [7, 11) is 0. The minimum Gasteiger partial charge on any atom is -0.336 e. The number of aryl methyl sites for hydroxylation is 1. The maximum absolute atomic E-state index is 12.4. The first kappa shape index (κ1) is 17.1. The first-order valence-electron chi connectivity index (χ1n) is 8.11. The Labute approximate surface area is 138 Å². The van der Waals surface area contributed by atoms with Crippen LogP contribution in [-0.2, 0) is 11.3 Å². The Kier molecular flexibility index (Phi) is 5.68. The largest absolute Gasteiger partial charge is 0.336 e. The Morgan fingerprint density at radius 2 is 2.18 bits per heavy atom. The van der Waals surface area contributed by atoms with Crippen molar-refractivity contribution in [3.05, 3.63) is 22.5 Å². The van der Waals surface area contributed by atoms with E-state index in [4.69, 9.17) is 11.6 Å². The van der Waals surface area contributed by atoms with Gasteiger partial charge < -0.3 is 4.90 Å². The number of carbonyl (C=O) groups is 1. The third kappa shape index (κ3) is 3.92. The summed E-state index contributed by atoms with van der Waals surface area (Å²) in [5.74, 6) is 0.545. The summed E-state index contributed by atoms with van der Waals surface area (Å²) >= 11 is 6.40. The molecule has 0 saturated carbocycles. The molecular formula is C17H26ClN3O. The topological polar surface area (TPSA) is 38.1 Å². The zero-order valence-electron chi connectivity index (χ0n) is 14.0. The van der Waals surface area contributed by atoms with Gasteiger partial charge in [0.2, 0.25) is 5.91 Å². The van der Waals surface area contributed by atoms with Crippen LogP contribution in [0, 0.1) is 12.8 Å². The number of nitrogens with zero attached hydrogens (tertiary/aromatic N) is 3. The molecule has 1 aliphatic rings. The SMILES string of the molecule is Cc1nn(CC(C)C)c(Cl)c1C=CC(=O)N1CCCCC1C. The molecule has 0 radical (unpaired) electrons. The van der Waals surface area contributed by atoms with E-state index >= 15 is 0 Å². The minimum atomic E-state index is 0.0688. The molecule has 4 nitrogen and oxygen atoms in total. The van der Waals surface area contributed by atoms with E-state index in [1.54, 1.807) is 6.08 Å². The van der Waals surface area contributed by atoms with Crippen LogP contribution in [0.2, 0.25) is 5.15 Å². The normalized spacial score (nSPS) is 19.4. The monoisotopic (exact) mass is 323 g/mol. The average molecular weight is 324 g/mol. The number of likely N-dealkylation sites (tertiary alicyclic amines) is 1. The fourth-order valence-electron chi connectivity index (χ4n) is 2.90. The second-order valence-corrected chi connectivity index (χ2v) is 6.93. The van der Waals surface area contributed by atoms with Gasteiger partial charge in [-0.25, -0.2) is 0 Å². The lowest BCUT2D eigenvalue weighted by Crippen LogP contribution is -2.41. The lowest BCUT2D eigenvalue weighted by molar-refractivity contribution is -0.129. The maximum atomic E-state index is 12.4. The summed E-state index contributed by atoms with van der Waals surface area (Å²) < 4.78 is 1.81. The highest BCUT2D eigenvalue weighted by Crippen LogP contribution is 2.23. The predicted molar refractivity (Wildman–Crippen MR) is 90.9 cm³/mol. The van der Waals surface area contributed by atoms with Crippen LogP contribution in [0.5, 0.6) is 0 Å². The van der Waals surface area contributed by atoms with E-state index < -0.39 is 0 Å². The number of hydrogen-bond donors (Lipinski definition) is 0. The summed E-state index contributed by atoms with van der Waals surface area (Å²) in [5, 5.41) is 5.08. The molecule has 0 spiro atoms. The molecule has 0 N–H and O–H groups in total. The molecule has 1 unspecified atom stereocenters. The third-order valence-electron chi connectivity index (χ3n) is 4.13. The Morgan fingerprint density at radius 3 is 2.82 bits per heavy atom. The fraction of sp³-hybridized carbons (Fsp3) is 0.647. The number of rotatable bonds is 4. The van der Waals surface area contributed by atoms with Crippen molar-refractivity contribution in [2.45, 2.75) is 59.5 Å². The minimum absolute atomic E-state index is 0.0688. The molecule has 1 aromatic rings. The predicted octanol–water partition coefficient (Wildman–Crippen LogP) is 3.92. The van der Waals surface area contributed by atoms with Gasteiger partial charge >= 0.3 is 0 Å². The van der Waals surface area contributed by atoms with E-state index in [-0.39, 0.29) is 5.91 Å². The van der Waals surface area contributed by atoms with Gasteiger partial charge in [-0.15, -0.1) is 0 Å². The van der Waals surface area contributed by atoms with Crippen LogP contribution in [-0.4, -0.2) is 33.2 Å². The number of piperidine rings is 1. The lowest BCUT2D eigenvalue weighted by atomic mass is 10.0. The van der Waals surface area contributed by atoms with Crippen molar-refractivity contribution in [3.63, 3.8) is 0 Å². The van der Waals surface area contributed by atoms with Crippen LogP contribution < -0.4 is 0 Å². The quantitative estimate of drug-likeness (QED) is 0.788. The van der Waals surface area contributed by atoms with Crippen LogP contribution in [0.25, 0.3) is 6.08 Å². The van der Waals surface area contributed by atoms with Gasteiger partial charge in [0.05, 0.1) is 5.69 Å². The molecule has 1 saturated heterocycles. The van der Waals surface area contributed by atoms with Crippen molar-refractivity contribution in [2.75, 3.05) is 6.54 Å². The van der Waals surface area contributed by atoms with Gasteiger partial charge in [0, 0.05) is 30.8 Å². The standard InChI is InChI=1S/C17H26ClN3O/c1-12(2)11-21-17(18)15(14(4)19-21)8-9-16(22)20-10-6-5-7-13(20)3/h8-9,12-13H,5-7,10-11H2,1-4H3. The van der Waals surface area contributed by atoms with Crippen molar-refractivity contribution in [1.82, 2.24) is 14.7 Å². The molecule has 22 heavy (non-hydrogen) atoms. The highest BCUT2D eigenvalue weighted by Gasteiger charge is 2.21. The Morgan fingerprint density at radius 1 is 1.45 bits per heavy atom. The molecule has 0 bridgehead atoms. The van der Waals surface area contributed by atoms with Crippen molar-refractivity contribution < 1.29 is 4.79 Å². The van der Waals surface area contributed by atoms with Crippen LogP contribution in [0.1, 0.15) is 51.3 Å². The highest BCUT2D eigenvalue weighted by atomic mass is 35.5. The highest BCUT2D eigenvalue weighted by molar-refractivity contribution is 6.31. The van der Waals surface area contributed by atoms with E-state index in [1.807, 2.05) is 22.6 Å². The van der Waals surface area contributed by atoms with Gasteiger partial charge in [-0.05, 0) is 45.1 Å². The smallest absolute Gasteiger partial charge is 0.246 e. The molecule has 1 aliphatic heterocycles. The lowest BCUT2D eigenvalue weighted by Gasteiger charge is -2.32. The summed E-state index contributed by atoms with van der Waals surface area (Å²) in [6.07, 6.45) is 6.84. The van der Waals surface area contributed by atoms with Crippen molar-refractivity contribution in [3.8, 4) is 0 Å². The maximum Gasteiger partial charge on any atom is 0.246 e. The summed E-state index contributed by atoms with van der Waals surface area (Å²) in [6, 6.07) is 0.325. The van der Waals surface area contributed by atoms with E-state index in [2.05, 4.69) is 25.9 Å². The molecule has 5 heteroatoms. The van der Waals surface area contributed by atoms with Crippen molar-refractivity contribution >= 4 is 23.6 Å². The van der Waals surface area contributed by atoms with Crippen LogP contribution in [0.3, 0.4) is 0 Å². The second kappa shape index (κ2) is 7.32. The zero-order valence-corrected chi connectivity index (χ0v) is 14.7. The van der Waals surface area contributed by atoms with Crippen molar-refractivity contribution in [1.29, 1.82) is 0 Å². The molecule has 2 rings (SSSR count). The van der Waals surface area contributed by atoms with Gasteiger partial charge in [0.1, 0.15) is 5.15 Å². The van der Waals surface area contributed by atoms with Gasteiger partial charge in [0.25, 0.3) is 0 Å². The van der Waals surface area contributed by atoms with Crippen LogP contribution >= 0.6 is 11.6 Å². The molecule has 0 aliphatic carbocycles. The van der Waals surface area contributed by atoms with Crippen LogP contribution in [0.4, 0.5) is 0 Å². The zero-order chi connectivity index (χ0) is 16.3. The van der Waals surface area contributed by atoms with E-state index in [0.29, 0.717) is 17.1 Å². The molecule has 0 aromatic carbocycles. The molecule has 1 atom stereocenters.